The summed E-state index contributed by atoms with van der Waals surface area (Å²) in [7, 11) is 0. The molecule has 1 amide bonds. The summed E-state index contributed by atoms with van der Waals surface area (Å²) in [5.41, 5.74) is 4.25. The maximum absolute atomic E-state index is 12.6. The summed E-state index contributed by atoms with van der Waals surface area (Å²) in [6.07, 6.45) is 11.2. The number of benzene rings is 2. The lowest BCUT2D eigenvalue weighted by atomic mass is 10.0. The van der Waals surface area contributed by atoms with Crippen LogP contribution in [0.3, 0.4) is 0 Å². The van der Waals surface area contributed by atoms with Gasteiger partial charge in [-0.2, -0.15) is 0 Å². The van der Waals surface area contributed by atoms with Crippen LogP contribution in [0.5, 0.6) is 11.5 Å². The molecule has 8 heteroatoms. The van der Waals surface area contributed by atoms with Crippen LogP contribution in [0, 0.1) is 0 Å². The summed E-state index contributed by atoms with van der Waals surface area (Å²) in [6.45, 7) is 0.301. The van der Waals surface area contributed by atoms with E-state index >= 15 is 0 Å². The highest BCUT2D eigenvalue weighted by molar-refractivity contribution is 5.97. The van der Waals surface area contributed by atoms with Gasteiger partial charge in [0.2, 0.25) is 5.91 Å². The van der Waals surface area contributed by atoms with Crippen LogP contribution in [0.1, 0.15) is 40.7 Å². The third kappa shape index (κ3) is 7.83. The van der Waals surface area contributed by atoms with E-state index in [1.54, 1.807) is 6.08 Å². The summed E-state index contributed by atoms with van der Waals surface area (Å²) >= 11 is 0. The van der Waals surface area contributed by atoms with Crippen molar-refractivity contribution in [1.29, 1.82) is 0 Å². The Kier molecular flexibility index (Phi) is 9.30. The summed E-state index contributed by atoms with van der Waals surface area (Å²) in [5.74, 6) is -1.64. The van der Waals surface area contributed by atoms with E-state index in [2.05, 4.69) is 10.8 Å². The SMILES string of the molecule is O=C(CONC1=C\c2cc(O)cc(O)c2C(=O)OCCC=CCC\C=C\1)NCc1ccccc1. The van der Waals surface area contributed by atoms with Crippen molar-refractivity contribution in [2.45, 2.75) is 25.8 Å². The Morgan fingerprint density at radius 2 is 1.79 bits per heavy atom. The van der Waals surface area contributed by atoms with Crippen LogP contribution >= 0.6 is 0 Å². The molecule has 1 aliphatic heterocycles. The minimum Gasteiger partial charge on any atom is -0.508 e. The first-order chi connectivity index (χ1) is 16.5. The highest BCUT2D eigenvalue weighted by atomic mass is 16.6. The number of phenolic OH excluding ortho intramolecular Hbond substituents is 2. The van der Waals surface area contributed by atoms with Crippen molar-refractivity contribution in [3.63, 3.8) is 0 Å². The van der Waals surface area contributed by atoms with E-state index in [0.29, 0.717) is 18.7 Å². The molecule has 3 rings (SSSR count). The minimum absolute atomic E-state index is 0.0767. The van der Waals surface area contributed by atoms with Crippen molar-refractivity contribution in [3.8, 4) is 11.5 Å². The van der Waals surface area contributed by atoms with E-state index < -0.39 is 11.7 Å². The van der Waals surface area contributed by atoms with Gasteiger partial charge in [-0.25, -0.2) is 4.79 Å². The number of cyclic esters (lactones) is 1. The molecule has 0 saturated heterocycles. The normalized spacial score (nSPS) is 16.8. The molecule has 0 radical (unpaired) electrons. The van der Waals surface area contributed by atoms with Crippen molar-refractivity contribution >= 4 is 18.0 Å². The predicted octanol–water partition coefficient (Wildman–Crippen LogP) is 3.73. The molecule has 178 valence electrons. The first-order valence-corrected chi connectivity index (χ1v) is 11.0. The Balaban J connectivity index is 1.73. The molecule has 0 saturated carbocycles. The highest BCUT2D eigenvalue weighted by Crippen LogP contribution is 2.29. The van der Waals surface area contributed by atoms with Crippen molar-refractivity contribution in [2.24, 2.45) is 0 Å². The van der Waals surface area contributed by atoms with Crippen molar-refractivity contribution < 1.29 is 29.4 Å². The number of hydroxylamine groups is 1. The van der Waals surface area contributed by atoms with Crippen LogP contribution in [0.25, 0.3) is 6.08 Å². The number of carbonyl (C=O) groups excluding carboxylic acids is 2. The second-order valence-electron chi connectivity index (χ2n) is 7.56. The average molecular weight is 465 g/mol. The molecule has 0 bridgehead atoms. The number of fused-ring (bicyclic) bond motifs is 1. The average Bonchev–Trinajstić information content (AvgIpc) is 2.81. The Labute approximate surface area is 198 Å². The number of esters is 1. The van der Waals surface area contributed by atoms with E-state index in [9.17, 15) is 19.8 Å². The fourth-order valence-corrected chi connectivity index (χ4v) is 3.21. The second-order valence-corrected chi connectivity index (χ2v) is 7.56. The highest BCUT2D eigenvalue weighted by Gasteiger charge is 2.19. The van der Waals surface area contributed by atoms with Gasteiger partial charge in [-0.3, -0.25) is 15.1 Å². The van der Waals surface area contributed by atoms with Crippen LogP contribution in [0.4, 0.5) is 0 Å². The van der Waals surface area contributed by atoms with E-state index in [4.69, 9.17) is 9.57 Å². The van der Waals surface area contributed by atoms with Crippen molar-refractivity contribution in [2.75, 3.05) is 13.2 Å². The molecule has 1 aliphatic rings. The monoisotopic (exact) mass is 464 g/mol. The van der Waals surface area contributed by atoms with Gasteiger partial charge in [0.15, 0.2) is 6.61 Å². The third-order valence-electron chi connectivity index (χ3n) is 4.86. The molecule has 0 spiro atoms. The number of phenols is 2. The van der Waals surface area contributed by atoms with Crippen LogP contribution in [-0.4, -0.2) is 35.3 Å². The zero-order valence-corrected chi connectivity index (χ0v) is 18.7. The number of ether oxygens (including phenoxy) is 1. The molecule has 1 heterocycles. The molecule has 2 aromatic carbocycles. The van der Waals surface area contributed by atoms with Crippen molar-refractivity contribution in [1.82, 2.24) is 10.8 Å². The molecule has 0 fully saturated rings. The molecular formula is C26H28N2O6. The van der Waals surface area contributed by atoms with E-state index in [-0.39, 0.29) is 36.0 Å². The number of aromatic hydroxyl groups is 2. The fourth-order valence-electron chi connectivity index (χ4n) is 3.21. The number of nitrogens with one attached hydrogen (secondary N) is 2. The number of carbonyl (C=O) groups is 2. The summed E-state index contributed by atoms with van der Waals surface area (Å²) < 4.78 is 5.26. The number of rotatable bonds is 6. The Morgan fingerprint density at radius 1 is 1.03 bits per heavy atom. The fraction of sp³-hybridized carbons (Fsp3) is 0.231. The van der Waals surface area contributed by atoms with Gasteiger partial charge in [-0.05, 0) is 48.6 Å². The molecule has 34 heavy (non-hydrogen) atoms. The lowest BCUT2D eigenvalue weighted by molar-refractivity contribution is -0.127. The molecule has 2 aromatic rings. The first kappa shape index (κ1) is 24.6. The van der Waals surface area contributed by atoms with Gasteiger partial charge in [0, 0.05) is 12.6 Å². The number of hydrogen-bond acceptors (Lipinski definition) is 7. The number of allylic oxidation sites excluding steroid dienone is 3. The second kappa shape index (κ2) is 12.9. The summed E-state index contributed by atoms with van der Waals surface area (Å²) in [4.78, 5) is 30.0. The quantitative estimate of drug-likeness (QED) is 0.292. The zero-order valence-electron chi connectivity index (χ0n) is 18.7. The lowest BCUT2D eigenvalue weighted by Gasteiger charge is -2.12. The molecule has 0 unspecified atom stereocenters. The molecule has 4 N–H and O–H groups in total. The van der Waals surface area contributed by atoms with Gasteiger partial charge >= 0.3 is 5.97 Å². The van der Waals surface area contributed by atoms with Crippen LogP contribution in [0.15, 0.2) is 72.5 Å². The Hall–Kier alpha value is -4.04. The van der Waals surface area contributed by atoms with Gasteiger partial charge in [0.25, 0.3) is 0 Å². The molecular weight excluding hydrogens is 436 g/mol. The first-order valence-electron chi connectivity index (χ1n) is 11.0. The van der Waals surface area contributed by atoms with Crippen LogP contribution in [0.2, 0.25) is 0 Å². The van der Waals surface area contributed by atoms with E-state index in [0.717, 1.165) is 24.5 Å². The van der Waals surface area contributed by atoms with E-state index in [1.807, 2.05) is 48.6 Å². The summed E-state index contributed by atoms with van der Waals surface area (Å²) in [6, 6.07) is 11.9. The molecule has 0 aromatic heterocycles. The van der Waals surface area contributed by atoms with E-state index in [1.165, 1.54) is 12.1 Å². The maximum Gasteiger partial charge on any atom is 0.342 e. The Bertz CT molecular complexity index is 1080. The topological polar surface area (TPSA) is 117 Å². The number of amides is 1. The van der Waals surface area contributed by atoms with Gasteiger partial charge in [0.05, 0.1) is 12.3 Å². The van der Waals surface area contributed by atoms with Crippen molar-refractivity contribution in [3.05, 3.63) is 89.2 Å². The Morgan fingerprint density at radius 3 is 2.62 bits per heavy atom. The third-order valence-corrected chi connectivity index (χ3v) is 4.86. The molecule has 8 nitrogen and oxygen atoms in total. The van der Waals surface area contributed by atoms with Crippen LogP contribution < -0.4 is 10.8 Å². The van der Waals surface area contributed by atoms with Gasteiger partial charge in [-0.15, -0.1) is 0 Å². The van der Waals surface area contributed by atoms with Gasteiger partial charge in [0.1, 0.15) is 17.1 Å². The minimum atomic E-state index is -0.709. The zero-order chi connectivity index (χ0) is 24.2. The molecule has 0 atom stereocenters. The van der Waals surface area contributed by atoms with Gasteiger partial charge in [-0.1, -0.05) is 48.6 Å². The summed E-state index contributed by atoms with van der Waals surface area (Å²) in [5, 5.41) is 23.0. The standard InChI is InChI=1S/C26H28N2O6/c29-22-15-20-14-21(28-34-18-24(31)27-17-19-10-6-5-7-11-19)12-8-3-1-2-4-9-13-33-26(32)25(20)23(30)16-22/h2,4-8,10-12,14-16,28-30H,1,3,9,13,17-18H2,(H,27,31)/b4-2?,12-8+,21-14-. The van der Waals surface area contributed by atoms with Gasteiger partial charge < -0.3 is 20.3 Å². The largest absolute Gasteiger partial charge is 0.508 e. The number of hydrogen-bond donors (Lipinski definition) is 4. The predicted molar refractivity (Wildman–Crippen MR) is 128 cm³/mol. The smallest absolute Gasteiger partial charge is 0.342 e. The van der Waals surface area contributed by atoms with Crippen LogP contribution in [-0.2, 0) is 20.9 Å². The maximum atomic E-state index is 12.6. The lowest BCUT2D eigenvalue weighted by Crippen LogP contribution is -2.29. The molecule has 0 aliphatic carbocycles.